The first-order valence-electron chi connectivity index (χ1n) is 7.12. The van der Waals surface area contributed by atoms with Crippen molar-refractivity contribution in [2.24, 2.45) is 0 Å². The average Bonchev–Trinajstić information content (AvgIpc) is 3.04. The molecule has 2 atom stereocenters. The summed E-state index contributed by atoms with van der Waals surface area (Å²) < 4.78 is 10.9. The van der Waals surface area contributed by atoms with Crippen LogP contribution < -0.4 is 0 Å². The van der Waals surface area contributed by atoms with Gasteiger partial charge < -0.3 is 14.3 Å². The molecule has 1 N–H and O–H groups in total. The predicted molar refractivity (Wildman–Crippen MR) is 78.5 cm³/mol. The van der Waals surface area contributed by atoms with Gasteiger partial charge in [-0.1, -0.05) is 6.07 Å². The zero-order valence-electron chi connectivity index (χ0n) is 12.2. The lowest BCUT2D eigenvalue weighted by Crippen LogP contribution is -2.36. The van der Waals surface area contributed by atoms with E-state index in [2.05, 4.69) is 18.9 Å². The molecule has 0 radical (unpaired) electrons. The lowest BCUT2D eigenvalue weighted by Gasteiger charge is -2.26. The summed E-state index contributed by atoms with van der Waals surface area (Å²) in [6.45, 7) is 3.73. The van der Waals surface area contributed by atoms with Crippen LogP contribution in [0.5, 0.6) is 0 Å². The van der Waals surface area contributed by atoms with E-state index in [4.69, 9.17) is 14.3 Å². The van der Waals surface area contributed by atoms with Crippen molar-refractivity contribution in [3.05, 3.63) is 35.6 Å². The number of carboxylic acids is 1. The number of ether oxygens (including phenoxy) is 1. The molecule has 112 valence electrons. The van der Waals surface area contributed by atoms with Crippen LogP contribution in [0.3, 0.4) is 0 Å². The number of carboxylic acid groups (broad SMARTS) is 1. The molecule has 0 aliphatic carbocycles. The molecule has 1 fully saturated rings. The van der Waals surface area contributed by atoms with E-state index in [0.717, 1.165) is 30.5 Å². The number of rotatable bonds is 4. The summed E-state index contributed by atoms with van der Waals surface area (Å²) in [4.78, 5) is 13.2. The summed E-state index contributed by atoms with van der Waals surface area (Å²) in [5.74, 6) is -1.06. The van der Waals surface area contributed by atoms with Crippen LogP contribution in [0.25, 0.3) is 11.0 Å². The molecule has 1 aromatic carbocycles. The van der Waals surface area contributed by atoms with Crippen molar-refractivity contribution < 1.29 is 19.1 Å². The third kappa shape index (κ3) is 2.80. The fourth-order valence-corrected chi connectivity index (χ4v) is 3.00. The Bertz CT molecular complexity index is 663. The molecule has 0 amide bonds. The van der Waals surface area contributed by atoms with Crippen molar-refractivity contribution in [1.29, 1.82) is 0 Å². The molecule has 2 unspecified atom stereocenters. The Morgan fingerprint density at radius 2 is 2.24 bits per heavy atom. The van der Waals surface area contributed by atoms with E-state index >= 15 is 0 Å². The monoisotopic (exact) mass is 289 g/mol. The standard InChI is InChI=1S/C16H19NO4/c1-10-13(5-6-20-10)17(2)9-11-3-4-14-12(7-11)8-15(21-14)16(18)19/h3-4,7-8,10,13H,5-6,9H2,1-2H3,(H,18,19). The van der Waals surface area contributed by atoms with E-state index < -0.39 is 5.97 Å². The number of fused-ring (bicyclic) bond motifs is 1. The molecule has 1 saturated heterocycles. The summed E-state index contributed by atoms with van der Waals surface area (Å²) in [5.41, 5.74) is 1.75. The summed E-state index contributed by atoms with van der Waals surface area (Å²) in [5, 5.41) is 9.79. The van der Waals surface area contributed by atoms with Gasteiger partial charge in [0.25, 0.3) is 0 Å². The molecule has 1 aromatic heterocycles. The second-order valence-corrected chi connectivity index (χ2v) is 5.64. The second kappa shape index (κ2) is 5.50. The first-order chi connectivity index (χ1) is 10.0. The van der Waals surface area contributed by atoms with Crippen LogP contribution in [-0.2, 0) is 11.3 Å². The summed E-state index contributed by atoms with van der Waals surface area (Å²) in [6, 6.07) is 7.80. The topological polar surface area (TPSA) is 62.9 Å². The van der Waals surface area contributed by atoms with Crippen molar-refractivity contribution in [2.75, 3.05) is 13.7 Å². The zero-order chi connectivity index (χ0) is 15.0. The Kier molecular flexibility index (Phi) is 3.69. The number of likely N-dealkylation sites (N-methyl/N-ethyl adjacent to an activating group) is 1. The fourth-order valence-electron chi connectivity index (χ4n) is 3.00. The van der Waals surface area contributed by atoms with Gasteiger partial charge in [-0.05, 0) is 44.2 Å². The molecule has 5 heteroatoms. The molecule has 1 aliphatic heterocycles. The van der Waals surface area contributed by atoms with Crippen LogP contribution >= 0.6 is 0 Å². The molecule has 21 heavy (non-hydrogen) atoms. The number of hydrogen-bond acceptors (Lipinski definition) is 4. The number of furan rings is 1. The van der Waals surface area contributed by atoms with Crippen LogP contribution in [0.2, 0.25) is 0 Å². The van der Waals surface area contributed by atoms with Crippen molar-refractivity contribution in [1.82, 2.24) is 4.90 Å². The highest BCUT2D eigenvalue weighted by atomic mass is 16.5. The van der Waals surface area contributed by atoms with Crippen molar-refractivity contribution >= 4 is 16.9 Å². The Hall–Kier alpha value is -1.85. The second-order valence-electron chi connectivity index (χ2n) is 5.64. The van der Waals surface area contributed by atoms with Gasteiger partial charge in [0.1, 0.15) is 5.58 Å². The third-order valence-electron chi connectivity index (χ3n) is 4.13. The molecule has 2 aromatic rings. The van der Waals surface area contributed by atoms with E-state index in [-0.39, 0.29) is 11.9 Å². The van der Waals surface area contributed by atoms with E-state index in [0.29, 0.717) is 11.6 Å². The summed E-state index contributed by atoms with van der Waals surface area (Å²) >= 11 is 0. The van der Waals surface area contributed by atoms with Crippen LogP contribution in [0, 0.1) is 0 Å². The van der Waals surface area contributed by atoms with Gasteiger partial charge in [-0.15, -0.1) is 0 Å². The third-order valence-corrected chi connectivity index (χ3v) is 4.13. The van der Waals surface area contributed by atoms with Gasteiger partial charge >= 0.3 is 5.97 Å². The minimum atomic E-state index is -1.04. The van der Waals surface area contributed by atoms with E-state index in [9.17, 15) is 4.79 Å². The van der Waals surface area contributed by atoms with Crippen LogP contribution in [0.4, 0.5) is 0 Å². The Labute approximate surface area is 123 Å². The molecule has 0 saturated carbocycles. The lowest BCUT2D eigenvalue weighted by molar-refractivity contribution is 0.0665. The number of nitrogens with zero attached hydrogens (tertiary/aromatic N) is 1. The molecule has 0 bridgehead atoms. The van der Waals surface area contributed by atoms with E-state index in [1.165, 1.54) is 0 Å². The van der Waals surface area contributed by atoms with Gasteiger partial charge in [0.2, 0.25) is 5.76 Å². The Morgan fingerprint density at radius 3 is 2.90 bits per heavy atom. The molecule has 3 rings (SSSR count). The minimum Gasteiger partial charge on any atom is -0.475 e. The number of hydrogen-bond donors (Lipinski definition) is 1. The number of aromatic carboxylic acids is 1. The SMILES string of the molecule is CC1OCCC1N(C)Cc1ccc2oc(C(=O)O)cc2c1. The first kappa shape index (κ1) is 14.1. The highest BCUT2D eigenvalue weighted by molar-refractivity contribution is 5.91. The highest BCUT2D eigenvalue weighted by Crippen LogP contribution is 2.24. The van der Waals surface area contributed by atoms with E-state index in [1.807, 2.05) is 18.2 Å². The van der Waals surface area contributed by atoms with Gasteiger partial charge in [-0.3, -0.25) is 4.90 Å². The Morgan fingerprint density at radius 1 is 1.43 bits per heavy atom. The first-order valence-corrected chi connectivity index (χ1v) is 7.12. The van der Waals surface area contributed by atoms with Crippen LogP contribution in [0.1, 0.15) is 29.5 Å². The quantitative estimate of drug-likeness (QED) is 0.937. The molecule has 1 aliphatic rings. The maximum atomic E-state index is 10.9. The minimum absolute atomic E-state index is 0.0201. The average molecular weight is 289 g/mol. The predicted octanol–water partition coefficient (Wildman–Crippen LogP) is 2.74. The molecular weight excluding hydrogens is 270 g/mol. The largest absolute Gasteiger partial charge is 0.475 e. The smallest absolute Gasteiger partial charge is 0.371 e. The zero-order valence-corrected chi connectivity index (χ0v) is 12.2. The van der Waals surface area contributed by atoms with Gasteiger partial charge in [-0.2, -0.15) is 0 Å². The van der Waals surface area contributed by atoms with Crippen molar-refractivity contribution in [3.8, 4) is 0 Å². The van der Waals surface area contributed by atoms with Crippen molar-refractivity contribution in [3.63, 3.8) is 0 Å². The van der Waals surface area contributed by atoms with E-state index in [1.54, 1.807) is 6.07 Å². The van der Waals surface area contributed by atoms with Gasteiger partial charge in [0.15, 0.2) is 0 Å². The molecule has 5 nitrogen and oxygen atoms in total. The maximum Gasteiger partial charge on any atom is 0.371 e. The summed E-state index contributed by atoms with van der Waals surface area (Å²) in [6.07, 6.45) is 1.31. The fraction of sp³-hybridized carbons (Fsp3) is 0.438. The van der Waals surface area contributed by atoms with Crippen molar-refractivity contribution in [2.45, 2.75) is 32.0 Å². The summed E-state index contributed by atoms with van der Waals surface area (Å²) in [7, 11) is 2.10. The lowest BCUT2D eigenvalue weighted by atomic mass is 10.1. The maximum absolute atomic E-state index is 10.9. The van der Waals surface area contributed by atoms with Gasteiger partial charge in [0, 0.05) is 24.6 Å². The molecule has 2 heterocycles. The number of carbonyl (C=O) groups is 1. The molecule has 0 spiro atoms. The highest BCUT2D eigenvalue weighted by Gasteiger charge is 2.27. The normalized spacial score (nSPS) is 22.2. The van der Waals surface area contributed by atoms with Crippen LogP contribution in [0.15, 0.2) is 28.7 Å². The molecular formula is C16H19NO4. The van der Waals surface area contributed by atoms with Gasteiger partial charge in [-0.25, -0.2) is 4.79 Å². The number of benzene rings is 1. The Balaban J connectivity index is 1.79. The van der Waals surface area contributed by atoms with Crippen LogP contribution in [-0.4, -0.2) is 41.8 Å². The van der Waals surface area contributed by atoms with Gasteiger partial charge in [0.05, 0.1) is 6.10 Å².